The minimum absolute atomic E-state index is 0.233. The van der Waals surface area contributed by atoms with Crippen molar-refractivity contribution < 1.29 is 13.2 Å². The Labute approximate surface area is 142 Å². The van der Waals surface area contributed by atoms with Gasteiger partial charge in [0.05, 0.1) is 5.52 Å². The van der Waals surface area contributed by atoms with Crippen LogP contribution in [0.15, 0.2) is 18.2 Å². The largest absolute Gasteiger partial charge is 0.355 e. The van der Waals surface area contributed by atoms with E-state index in [1.807, 2.05) is 6.92 Å². The van der Waals surface area contributed by atoms with Gasteiger partial charge in [-0.25, -0.2) is 23.1 Å². The van der Waals surface area contributed by atoms with E-state index in [1.54, 1.807) is 6.07 Å². The first-order chi connectivity index (χ1) is 12.0. The summed E-state index contributed by atoms with van der Waals surface area (Å²) in [7, 11) is 0. The summed E-state index contributed by atoms with van der Waals surface area (Å²) in [5, 5.41) is 0. The Morgan fingerprint density at radius 2 is 1.64 bits per heavy atom. The quantitative estimate of drug-likeness (QED) is 0.702. The minimum Gasteiger partial charge on any atom is -0.355 e. The van der Waals surface area contributed by atoms with E-state index >= 15 is 0 Å². The van der Waals surface area contributed by atoms with Gasteiger partial charge < -0.3 is 9.88 Å². The molecule has 4 rings (SSSR count). The lowest BCUT2D eigenvalue weighted by atomic mass is 10.1. The van der Waals surface area contributed by atoms with Gasteiger partial charge in [0.1, 0.15) is 11.3 Å². The Morgan fingerprint density at radius 1 is 0.960 bits per heavy atom. The van der Waals surface area contributed by atoms with Gasteiger partial charge in [-0.1, -0.05) is 0 Å². The molecule has 0 amide bonds. The zero-order valence-electron chi connectivity index (χ0n) is 13.7. The van der Waals surface area contributed by atoms with Crippen molar-refractivity contribution in [1.82, 2.24) is 15.0 Å². The summed E-state index contributed by atoms with van der Waals surface area (Å²) in [6.45, 7) is 3.65. The van der Waals surface area contributed by atoms with Crippen LogP contribution in [0.3, 0.4) is 0 Å². The number of hydrogen-bond donors (Lipinski definition) is 1. The maximum Gasteiger partial charge on any atom is 0.194 e. The molecule has 2 aromatic heterocycles. The van der Waals surface area contributed by atoms with Crippen LogP contribution in [0.5, 0.6) is 0 Å². The molecule has 0 unspecified atom stereocenters. The van der Waals surface area contributed by atoms with Gasteiger partial charge in [-0.3, -0.25) is 0 Å². The van der Waals surface area contributed by atoms with E-state index in [0.717, 1.165) is 49.4 Å². The van der Waals surface area contributed by atoms with Gasteiger partial charge in [0.25, 0.3) is 0 Å². The Kier molecular flexibility index (Phi) is 3.86. The van der Waals surface area contributed by atoms with E-state index in [4.69, 9.17) is 0 Å². The second-order valence-electron chi connectivity index (χ2n) is 6.34. The molecular weight excluding hydrogens is 329 g/mol. The number of H-pyrrole nitrogens is 1. The number of aromatic nitrogens is 3. The Hall–Kier alpha value is -2.57. The number of piperidine rings is 1. The van der Waals surface area contributed by atoms with E-state index in [-0.39, 0.29) is 5.56 Å². The lowest BCUT2D eigenvalue weighted by molar-refractivity contribution is 0.447. The summed E-state index contributed by atoms with van der Waals surface area (Å²) in [4.78, 5) is 14.3. The third kappa shape index (κ3) is 2.83. The molecule has 1 aliphatic heterocycles. The molecule has 1 aromatic carbocycles. The minimum atomic E-state index is -1.47. The Bertz CT molecular complexity index is 922. The van der Waals surface area contributed by atoms with Crippen LogP contribution in [0.25, 0.3) is 22.3 Å². The van der Waals surface area contributed by atoms with Crippen molar-refractivity contribution in [2.24, 2.45) is 0 Å². The van der Waals surface area contributed by atoms with Crippen LogP contribution >= 0.6 is 0 Å². The number of nitrogens with one attached hydrogen (secondary N) is 1. The van der Waals surface area contributed by atoms with Gasteiger partial charge in [0, 0.05) is 24.3 Å². The Balaban J connectivity index is 1.85. The predicted molar refractivity (Wildman–Crippen MR) is 90.0 cm³/mol. The molecule has 1 saturated heterocycles. The molecule has 7 heteroatoms. The van der Waals surface area contributed by atoms with Crippen molar-refractivity contribution in [3.05, 3.63) is 41.5 Å². The molecule has 1 fully saturated rings. The van der Waals surface area contributed by atoms with Crippen LogP contribution < -0.4 is 4.90 Å². The lowest BCUT2D eigenvalue weighted by Gasteiger charge is -2.28. The van der Waals surface area contributed by atoms with E-state index in [9.17, 15) is 13.2 Å². The highest BCUT2D eigenvalue weighted by Crippen LogP contribution is 2.31. The standard InChI is InChI=1S/C18H17F3N4/c1-10-22-15-9-14(11-7-12(19)16(21)13(20)8-11)24-17(15)18(23-10)25-5-3-2-4-6-25/h7-9,24H,2-6H2,1H3. The summed E-state index contributed by atoms with van der Waals surface area (Å²) in [6.07, 6.45) is 3.41. The van der Waals surface area contributed by atoms with Crippen molar-refractivity contribution in [1.29, 1.82) is 0 Å². The molecule has 0 atom stereocenters. The molecule has 130 valence electrons. The van der Waals surface area contributed by atoms with Gasteiger partial charge in [-0.2, -0.15) is 0 Å². The number of fused-ring (bicyclic) bond motifs is 1. The highest BCUT2D eigenvalue weighted by atomic mass is 19.2. The summed E-state index contributed by atoms with van der Waals surface area (Å²) >= 11 is 0. The maximum absolute atomic E-state index is 13.6. The van der Waals surface area contributed by atoms with Crippen LogP contribution in [0.4, 0.5) is 19.0 Å². The number of aryl methyl sites for hydroxylation is 1. The van der Waals surface area contributed by atoms with Crippen LogP contribution in [0.2, 0.25) is 0 Å². The molecule has 25 heavy (non-hydrogen) atoms. The number of anilines is 1. The number of rotatable bonds is 2. The van der Waals surface area contributed by atoms with Crippen molar-refractivity contribution >= 4 is 16.9 Å². The first kappa shape index (κ1) is 15.9. The molecule has 0 aliphatic carbocycles. The second-order valence-corrected chi connectivity index (χ2v) is 6.34. The third-order valence-electron chi connectivity index (χ3n) is 4.52. The molecule has 0 radical (unpaired) electrons. The van der Waals surface area contributed by atoms with Crippen LogP contribution in [-0.4, -0.2) is 28.0 Å². The lowest BCUT2D eigenvalue weighted by Crippen LogP contribution is -2.30. The first-order valence-corrected chi connectivity index (χ1v) is 8.30. The van der Waals surface area contributed by atoms with E-state index in [1.165, 1.54) is 6.42 Å². The fourth-order valence-electron chi connectivity index (χ4n) is 3.31. The normalized spacial score (nSPS) is 15.1. The highest BCUT2D eigenvalue weighted by molar-refractivity contribution is 5.90. The SMILES string of the molecule is Cc1nc(N2CCCCC2)c2[nH]c(-c3cc(F)c(F)c(F)c3)cc2n1. The smallest absolute Gasteiger partial charge is 0.194 e. The summed E-state index contributed by atoms with van der Waals surface area (Å²) < 4.78 is 40.3. The molecular formula is C18H17F3N4. The molecule has 1 aliphatic rings. The molecule has 0 saturated carbocycles. The Morgan fingerprint density at radius 3 is 2.32 bits per heavy atom. The molecule has 3 aromatic rings. The van der Waals surface area contributed by atoms with Crippen molar-refractivity contribution in [3.8, 4) is 11.3 Å². The summed E-state index contributed by atoms with van der Waals surface area (Å²) in [5.41, 5.74) is 2.11. The highest BCUT2D eigenvalue weighted by Gasteiger charge is 2.19. The topological polar surface area (TPSA) is 44.8 Å². The number of hydrogen-bond acceptors (Lipinski definition) is 3. The molecule has 0 spiro atoms. The second kappa shape index (κ2) is 6.06. The van der Waals surface area contributed by atoms with E-state index < -0.39 is 17.5 Å². The number of benzene rings is 1. The monoisotopic (exact) mass is 346 g/mol. The van der Waals surface area contributed by atoms with E-state index in [2.05, 4.69) is 19.9 Å². The van der Waals surface area contributed by atoms with Gasteiger partial charge >= 0.3 is 0 Å². The summed E-state index contributed by atoms with van der Waals surface area (Å²) in [5.74, 6) is -2.46. The number of halogens is 3. The zero-order chi connectivity index (χ0) is 17.6. The van der Waals surface area contributed by atoms with Gasteiger partial charge in [-0.15, -0.1) is 0 Å². The molecule has 4 nitrogen and oxygen atoms in total. The fourth-order valence-corrected chi connectivity index (χ4v) is 3.31. The fraction of sp³-hybridized carbons (Fsp3) is 0.333. The van der Waals surface area contributed by atoms with Crippen LogP contribution in [-0.2, 0) is 0 Å². The number of aromatic amines is 1. The van der Waals surface area contributed by atoms with Crippen LogP contribution in [0.1, 0.15) is 25.1 Å². The van der Waals surface area contributed by atoms with E-state index in [0.29, 0.717) is 17.0 Å². The van der Waals surface area contributed by atoms with Gasteiger partial charge in [0.2, 0.25) is 0 Å². The predicted octanol–water partition coefficient (Wildman–Crippen LogP) is 4.34. The molecule has 1 N–H and O–H groups in total. The molecule has 0 bridgehead atoms. The van der Waals surface area contributed by atoms with Crippen molar-refractivity contribution in [3.63, 3.8) is 0 Å². The van der Waals surface area contributed by atoms with Crippen molar-refractivity contribution in [2.75, 3.05) is 18.0 Å². The maximum atomic E-state index is 13.6. The van der Waals surface area contributed by atoms with Gasteiger partial charge in [0.15, 0.2) is 23.3 Å². The number of nitrogens with zero attached hydrogens (tertiary/aromatic N) is 3. The zero-order valence-corrected chi connectivity index (χ0v) is 13.7. The summed E-state index contributed by atoms with van der Waals surface area (Å²) in [6, 6.07) is 3.66. The first-order valence-electron chi connectivity index (χ1n) is 8.30. The average Bonchev–Trinajstić information content (AvgIpc) is 3.03. The average molecular weight is 346 g/mol. The third-order valence-corrected chi connectivity index (χ3v) is 4.52. The van der Waals surface area contributed by atoms with Crippen LogP contribution in [0, 0.1) is 24.4 Å². The molecule has 3 heterocycles. The van der Waals surface area contributed by atoms with Crippen molar-refractivity contribution in [2.45, 2.75) is 26.2 Å². The van der Waals surface area contributed by atoms with Gasteiger partial charge in [-0.05, 0) is 44.4 Å².